The number of aliphatic hydroxyl groups is 2. The molecule has 1 fully saturated rings. The SMILES string of the molecule is CCn1nnc([C@H]2O[C@@H](n3cnc4c(N)nc(NCc5ccccc5CO)nc43)[C@H](OC(=O)C(F)(F)F)[C@@H]2O)n1. The molecule has 5 rings (SSSR count). The molecule has 1 aliphatic heterocycles. The van der Waals surface area contributed by atoms with Gasteiger partial charge in [-0.05, 0) is 23.3 Å². The summed E-state index contributed by atoms with van der Waals surface area (Å²) >= 11 is 0. The molecular formula is C22H23F3N10O5. The van der Waals surface area contributed by atoms with Crippen LogP contribution in [0.15, 0.2) is 30.6 Å². The van der Waals surface area contributed by atoms with Crippen LogP contribution < -0.4 is 11.1 Å². The molecule has 212 valence electrons. The molecule has 3 aromatic heterocycles. The Morgan fingerprint density at radius 2 is 2.00 bits per heavy atom. The summed E-state index contributed by atoms with van der Waals surface area (Å²) < 4.78 is 50.9. The van der Waals surface area contributed by atoms with Gasteiger partial charge in [0.15, 0.2) is 29.9 Å². The van der Waals surface area contributed by atoms with Crippen LogP contribution in [-0.4, -0.2) is 74.3 Å². The van der Waals surface area contributed by atoms with E-state index in [9.17, 15) is 28.2 Å². The Morgan fingerprint density at radius 3 is 2.67 bits per heavy atom. The van der Waals surface area contributed by atoms with Crippen molar-refractivity contribution in [3.63, 3.8) is 0 Å². The topological polar surface area (TPSA) is 201 Å². The lowest BCUT2D eigenvalue weighted by Gasteiger charge is -2.22. The van der Waals surface area contributed by atoms with Crippen LogP contribution in [0.3, 0.4) is 0 Å². The maximum absolute atomic E-state index is 13.1. The van der Waals surface area contributed by atoms with Crippen molar-refractivity contribution in [2.45, 2.75) is 57.3 Å². The number of tetrazole rings is 1. The number of alkyl halides is 3. The standard InChI is InChI=1S/C22H23F3N10O5/c1-2-35-32-17(31-33-35)14-13(37)15(40-20(38)22(23,24)25)19(39-14)34-9-28-12-16(26)29-21(30-18(12)34)27-7-10-5-3-4-6-11(10)8-36/h3-6,9,13-15,19,36-37H,2,7-8H2,1H3,(H3,26,27,29,30)/t13-,14+,15-,19-/m1/s1. The van der Waals surface area contributed by atoms with Crippen LogP contribution in [0.4, 0.5) is 24.9 Å². The molecule has 0 aliphatic carbocycles. The van der Waals surface area contributed by atoms with Crippen LogP contribution >= 0.6 is 0 Å². The zero-order valence-corrected chi connectivity index (χ0v) is 20.7. The number of imidazole rings is 1. The average Bonchev–Trinajstić information content (AvgIpc) is 3.65. The molecular weight excluding hydrogens is 541 g/mol. The lowest BCUT2D eigenvalue weighted by Crippen LogP contribution is -2.38. The first-order chi connectivity index (χ1) is 19.1. The van der Waals surface area contributed by atoms with Crippen molar-refractivity contribution in [2.75, 3.05) is 11.1 Å². The van der Waals surface area contributed by atoms with E-state index < -0.39 is 36.7 Å². The molecule has 0 spiro atoms. The minimum absolute atomic E-state index is 0.0153. The normalized spacial score (nSPS) is 21.1. The number of aromatic nitrogens is 8. The van der Waals surface area contributed by atoms with Crippen molar-refractivity contribution >= 4 is 28.9 Å². The number of nitrogen functional groups attached to an aromatic ring is 1. The molecule has 0 bridgehead atoms. The van der Waals surface area contributed by atoms with Crippen LogP contribution in [0.2, 0.25) is 0 Å². The zero-order chi connectivity index (χ0) is 28.6. The van der Waals surface area contributed by atoms with Crippen molar-refractivity contribution in [1.29, 1.82) is 0 Å². The van der Waals surface area contributed by atoms with Crippen molar-refractivity contribution in [1.82, 2.24) is 39.7 Å². The van der Waals surface area contributed by atoms with Gasteiger partial charge in [0.25, 0.3) is 0 Å². The van der Waals surface area contributed by atoms with Gasteiger partial charge >= 0.3 is 12.1 Å². The third-order valence-electron chi connectivity index (χ3n) is 6.14. The Hall–Kier alpha value is -4.42. The monoisotopic (exact) mass is 564 g/mol. The Labute approximate surface area is 222 Å². The number of hydrogen-bond donors (Lipinski definition) is 4. The highest BCUT2D eigenvalue weighted by atomic mass is 19.4. The van der Waals surface area contributed by atoms with E-state index in [1.54, 1.807) is 31.2 Å². The number of carbonyl (C=O) groups excluding carboxylic acids is 1. The molecule has 0 unspecified atom stereocenters. The highest BCUT2D eigenvalue weighted by Crippen LogP contribution is 2.41. The summed E-state index contributed by atoms with van der Waals surface area (Å²) in [5.74, 6) is -2.69. The van der Waals surface area contributed by atoms with Gasteiger partial charge in [-0.25, -0.2) is 9.78 Å². The van der Waals surface area contributed by atoms with Crippen LogP contribution in [0.1, 0.15) is 36.2 Å². The molecule has 1 saturated heterocycles. The molecule has 15 nitrogen and oxygen atoms in total. The number of esters is 1. The molecule has 0 amide bonds. The lowest BCUT2D eigenvalue weighted by atomic mass is 10.1. The van der Waals surface area contributed by atoms with Gasteiger partial charge in [0, 0.05) is 6.54 Å². The Kier molecular flexibility index (Phi) is 7.21. The van der Waals surface area contributed by atoms with Gasteiger partial charge in [-0.2, -0.15) is 27.9 Å². The largest absolute Gasteiger partial charge is 0.490 e. The second kappa shape index (κ2) is 10.6. The minimum Gasteiger partial charge on any atom is -0.448 e. The van der Waals surface area contributed by atoms with Crippen LogP contribution in [0, 0.1) is 0 Å². The fraction of sp³-hybridized carbons (Fsp3) is 0.409. The van der Waals surface area contributed by atoms with Gasteiger partial charge < -0.3 is 30.7 Å². The summed E-state index contributed by atoms with van der Waals surface area (Å²) in [4.78, 5) is 25.6. The number of halogens is 3. The number of fused-ring (bicyclic) bond motifs is 1. The van der Waals surface area contributed by atoms with Crippen molar-refractivity contribution in [3.8, 4) is 0 Å². The molecule has 4 atom stereocenters. The number of nitrogens with two attached hydrogens (primary N) is 1. The number of aryl methyl sites for hydroxylation is 1. The second-order valence-electron chi connectivity index (χ2n) is 8.68. The highest BCUT2D eigenvalue weighted by molar-refractivity contribution is 5.83. The number of carbonyl (C=O) groups is 1. The van der Waals surface area contributed by atoms with Crippen molar-refractivity contribution in [3.05, 3.63) is 47.5 Å². The number of nitrogens with one attached hydrogen (secondary N) is 1. The van der Waals surface area contributed by atoms with Gasteiger partial charge in [0.1, 0.15) is 11.6 Å². The summed E-state index contributed by atoms with van der Waals surface area (Å²) in [6.45, 7) is 2.08. The second-order valence-corrected chi connectivity index (χ2v) is 8.68. The highest BCUT2D eigenvalue weighted by Gasteiger charge is 2.53. The minimum atomic E-state index is -5.34. The summed E-state index contributed by atoms with van der Waals surface area (Å²) in [5, 5.41) is 35.1. The van der Waals surface area contributed by atoms with E-state index in [1.165, 1.54) is 9.36 Å². The van der Waals surface area contributed by atoms with E-state index in [0.29, 0.717) is 12.1 Å². The fourth-order valence-electron chi connectivity index (χ4n) is 4.17. The third-order valence-corrected chi connectivity index (χ3v) is 6.14. The first kappa shape index (κ1) is 27.2. The van der Waals surface area contributed by atoms with E-state index in [2.05, 4.69) is 40.4 Å². The Bertz CT molecular complexity index is 1530. The molecule has 18 heteroatoms. The van der Waals surface area contributed by atoms with E-state index in [0.717, 1.165) is 11.9 Å². The predicted octanol–water partition coefficient (Wildman–Crippen LogP) is 0.624. The predicted molar refractivity (Wildman–Crippen MR) is 128 cm³/mol. The molecule has 1 aliphatic rings. The van der Waals surface area contributed by atoms with Gasteiger partial charge in [0.2, 0.25) is 11.8 Å². The maximum atomic E-state index is 13.1. The molecule has 4 heterocycles. The molecule has 1 aromatic carbocycles. The maximum Gasteiger partial charge on any atom is 0.490 e. The first-order valence-corrected chi connectivity index (χ1v) is 11.9. The molecule has 4 aromatic rings. The number of hydrogen-bond acceptors (Lipinski definition) is 13. The number of benzene rings is 1. The number of nitrogens with zero attached hydrogens (tertiary/aromatic N) is 8. The quantitative estimate of drug-likeness (QED) is 0.217. The molecule has 0 radical (unpaired) electrons. The summed E-state index contributed by atoms with van der Waals surface area (Å²) in [6, 6.07) is 7.11. The Balaban J connectivity index is 1.50. The first-order valence-electron chi connectivity index (χ1n) is 11.9. The summed E-state index contributed by atoms with van der Waals surface area (Å²) in [7, 11) is 0. The van der Waals surface area contributed by atoms with E-state index >= 15 is 0 Å². The number of ether oxygens (including phenoxy) is 2. The van der Waals surface area contributed by atoms with E-state index in [1.807, 2.05) is 0 Å². The lowest BCUT2D eigenvalue weighted by molar-refractivity contribution is -0.211. The van der Waals surface area contributed by atoms with Crippen LogP contribution in [0.5, 0.6) is 0 Å². The van der Waals surface area contributed by atoms with E-state index in [4.69, 9.17) is 10.5 Å². The zero-order valence-electron chi connectivity index (χ0n) is 20.7. The van der Waals surface area contributed by atoms with Crippen molar-refractivity contribution in [2.24, 2.45) is 0 Å². The van der Waals surface area contributed by atoms with Gasteiger partial charge in [-0.15, -0.1) is 10.2 Å². The van der Waals surface area contributed by atoms with E-state index in [-0.39, 0.29) is 41.9 Å². The number of rotatable bonds is 8. The Morgan fingerprint density at radius 1 is 1.25 bits per heavy atom. The van der Waals surface area contributed by atoms with Gasteiger partial charge in [-0.1, -0.05) is 24.3 Å². The smallest absolute Gasteiger partial charge is 0.448 e. The number of anilines is 2. The van der Waals surface area contributed by atoms with Gasteiger partial charge in [-0.3, -0.25) is 4.57 Å². The number of aliphatic hydroxyl groups excluding tert-OH is 2. The average molecular weight is 564 g/mol. The molecule has 0 saturated carbocycles. The van der Waals surface area contributed by atoms with Crippen molar-refractivity contribution < 1.29 is 37.7 Å². The summed E-state index contributed by atoms with van der Waals surface area (Å²) in [6.07, 6.45) is -10.8. The van der Waals surface area contributed by atoms with Gasteiger partial charge in [0.05, 0.1) is 19.5 Å². The summed E-state index contributed by atoms with van der Waals surface area (Å²) in [5.41, 5.74) is 7.60. The third kappa shape index (κ3) is 5.10. The fourth-order valence-corrected chi connectivity index (χ4v) is 4.17. The van der Waals surface area contributed by atoms with Crippen LogP contribution in [0.25, 0.3) is 11.2 Å². The molecule has 40 heavy (non-hydrogen) atoms. The molecule has 5 N–H and O–H groups in total. The van der Waals surface area contributed by atoms with Crippen LogP contribution in [-0.2, 0) is 34.0 Å².